The van der Waals surface area contributed by atoms with E-state index >= 15 is 0 Å². The van der Waals surface area contributed by atoms with E-state index in [0.29, 0.717) is 19.3 Å². The van der Waals surface area contributed by atoms with Gasteiger partial charge in [0.1, 0.15) is 34.2 Å². The predicted molar refractivity (Wildman–Crippen MR) is 126 cm³/mol. The molecule has 4 N–H and O–H groups in total. The van der Waals surface area contributed by atoms with E-state index in [4.69, 9.17) is 9.47 Å². The van der Waals surface area contributed by atoms with Gasteiger partial charge in [0.15, 0.2) is 11.5 Å². The quantitative estimate of drug-likeness (QED) is 0.204. The number of unbranched alkanes of at least 4 members (excludes halogenated alkanes) is 2. The lowest BCUT2D eigenvalue weighted by Crippen LogP contribution is -2.17. The normalized spacial score (nSPS) is 13.2. The van der Waals surface area contributed by atoms with E-state index in [1.165, 1.54) is 12.1 Å². The molecular formula is C26H30O9. The molecular weight excluding hydrogens is 456 g/mol. The Bertz CT molecular complexity index is 1140. The summed E-state index contributed by atoms with van der Waals surface area (Å²) in [5.41, 5.74) is -0.111. The summed E-state index contributed by atoms with van der Waals surface area (Å²) in [7, 11) is 0. The number of aliphatic hydroxyl groups excluding tert-OH is 1. The number of phenolic OH excluding ortho intramolecular Hbond substituents is 1. The van der Waals surface area contributed by atoms with Gasteiger partial charge in [-0.05, 0) is 30.9 Å². The Morgan fingerprint density at radius 2 is 1.74 bits per heavy atom. The Balaban J connectivity index is 2.07. The third-order valence-corrected chi connectivity index (χ3v) is 5.83. The molecule has 35 heavy (non-hydrogen) atoms. The Labute approximate surface area is 202 Å². The fourth-order valence-corrected chi connectivity index (χ4v) is 4.25. The van der Waals surface area contributed by atoms with Crippen LogP contribution in [0.25, 0.3) is 0 Å². The van der Waals surface area contributed by atoms with Gasteiger partial charge in [-0.15, -0.1) is 0 Å². The number of rotatable bonds is 11. The van der Waals surface area contributed by atoms with Crippen LogP contribution in [0.3, 0.4) is 0 Å². The first-order valence-corrected chi connectivity index (χ1v) is 11.7. The van der Waals surface area contributed by atoms with Gasteiger partial charge >= 0.3 is 11.9 Å². The number of aromatic carboxylic acids is 1. The van der Waals surface area contributed by atoms with E-state index in [9.17, 15) is 34.8 Å². The van der Waals surface area contributed by atoms with Crippen molar-refractivity contribution in [2.45, 2.75) is 71.3 Å². The molecule has 0 bridgehead atoms. The molecule has 0 spiro atoms. The minimum atomic E-state index is -1.36. The number of fused-ring (bicyclic) bond motifs is 2. The number of carbonyl (C=O) groups excluding carboxylic acids is 2. The fraction of sp³-hybridized carbons (Fsp3) is 0.423. The van der Waals surface area contributed by atoms with Gasteiger partial charge in [0.2, 0.25) is 0 Å². The number of esters is 1. The number of carbonyl (C=O) groups is 3. The molecule has 2 aromatic rings. The highest BCUT2D eigenvalue weighted by Gasteiger charge is 2.32. The molecule has 1 aliphatic rings. The molecule has 0 saturated heterocycles. The number of aromatic hydroxyl groups is 2. The smallest absolute Gasteiger partial charge is 0.347 e. The largest absolute Gasteiger partial charge is 0.508 e. The second-order valence-corrected chi connectivity index (χ2v) is 8.67. The van der Waals surface area contributed by atoms with Crippen LogP contribution in [-0.4, -0.2) is 44.3 Å². The van der Waals surface area contributed by atoms with Crippen LogP contribution in [-0.2, 0) is 17.6 Å². The molecule has 1 heterocycles. The van der Waals surface area contributed by atoms with Crippen molar-refractivity contribution in [3.05, 3.63) is 40.5 Å². The number of ether oxygens (including phenoxy) is 2. The number of aliphatic hydroxyl groups is 1. The van der Waals surface area contributed by atoms with Gasteiger partial charge in [0.25, 0.3) is 0 Å². The van der Waals surface area contributed by atoms with Crippen molar-refractivity contribution in [3.8, 4) is 28.7 Å². The average molecular weight is 487 g/mol. The molecule has 0 aliphatic carbocycles. The highest BCUT2D eigenvalue weighted by Crippen LogP contribution is 2.46. The molecule has 0 amide bonds. The summed E-state index contributed by atoms with van der Waals surface area (Å²) in [6, 6.07) is 3.46. The number of hydrogen-bond acceptors (Lipinski definition) is 8. The summed E-state index contributed by atoms with van der Waals surface area (Å²) in [5, 5.41) is 40.3. The second kappa shape index (κ2) is 11.2. The minimum absolute atomic E-state index is 0.0374. The monoisotopic (exact) mass is 486 g/mol. The van der Waals surface area contributed by atoms with Crippen molar-refractivity contribution in [1.29, 1.82) is 0 Å². The van der Waals surface area contributed by atoms with Gasteiger partial charge in [-0.3, -0.25) is 4.79 Å². The Morgan fingerprint density at radius 1 is 1.00 bits per heavy atom. The SMILES string of the molecule is CCCCCc1c2c(cc(O)c1C(=O)O)OC(=O)c1c(CC(=O)CC(O)CCC)cc(O)cc1O2. The van der Waals surface area contributed by atoms with Gasteiger partial charge in [-0.1, -0.05) is 33.1 Å². The molecule has 1 unspecified atom stereocenters. The number of phenols is 2. The van der Waals surface area contributed by atoms with E-state index in [1.807, 2.05) is 13.8 Å². The third kappa shape index (κ3) is 5.92. The van der Waals surface area contributed by atoms with Crippen LogP contribution >= 0.6 is 0 Å². The number of hydrogen-bond donors (Lipinski definition) is 4. The first-order chi connectivity index (χ1) is 16.7. The molecule has 188 valence electrons. The van der Waals surface area contributed by atoms with Crippen LogP contribution in [0.15, 0.2) is 18.2 Å². The van der Waals surface area contributed by atoms with Gasteiger partial charge in [-0.25, -0.2) is 9.59 Å². The molecule has 1 aliphatic heterocycles. The summed E-state index contributed by atoms with van der Waals surface area (Å²) < 4.78 is 11.4. The van der Waals surface area contributed by atoms with E-state index < -0.39 is 23.8 Å². The zero-order chi connectivity index (χ0) is 25.7. The van der Waals surface area contributed by atoms with E-state index in [1.54, 1.807) is 0 Å². The Hall–Kier alpha value is -3.59. The van der Waals surface area contributed by atoms with Crippen LogP contribution in [0.1, 0.15) is 84.2 Å². The Morgan fingerprint density at radius 3 is 2.40 bits per heavy atom. The van der Waals surface area contributed by atoms with Crippen molar-refractivity contribution < 1.29 is 44.3 Å². The number of benzene rings is 2. The molecule has 0 fully saturated rings. The van der Waals surface area contributed by atoms with Crippen molar-refractivity contribution in [2.24, 2.45) is 0 Å². The minimum Gasteiger partial charge on any atom is -0.508 e. The van der Waals surface area contributed by atoms with Gasteiger partial charge in [0.05, 0.1) is 6.10 Å². The number of Topliss-reactive ketones (excluding diaryl/α,β-unsaturated/α-hetero) is 1. The maximum atomic E-state index is 13.1. The number of carboxylic acids is 1. The summed E-state index contributed by atoms with van der Waals surface area (Å²) in [4.78, 5) is 37.5. The molecule has 2 aromatic carbocycles. The van der Waals surface area contributed by atoms with Crippen LogP contribution in [0.4, 0.5) is 0 Å². The predicted octanol–water partition coefficient (Wildman–Crippen LogP) is 4.52. The van der Waals surface area contributed by atoms with Gasteiger partial charge in [0, 0.05) is 30.5 Å². The molecule has 9 heteroatoms. The van der Waals surface area contributed by atoms with Crippen molar-refractivity contribution in [2.75, 3.05) is 0 Å². The zero-order valence-electron chi connectivity index (χ0n) is 19.8. The lowest BCUT2D eigenvalue weighted by molar-refractivity contribution is -0.120. The number of ketones is 1. The summed E-state index contributed by atoms with van der Waals surface area (Å²) >= 11 is 0. The summed E-state index contributed by atoms with van der Waals surface area (Å²) in [6.45, 7) is 3.88. The topological polar surface area (TPSA) is 151 Å². The summed E-state index contributed by atoms with van der Waals surface area (Å²) in [6.07, 6.45) is 2.54. The van der Waals surface area contributed by atoms with Crippen molar-refractivity contribution >= 4 is 17.7 Å². The maximum absolute atomic E-state index is 13.1. The lowest BCUT2D eigenvalue weighted by atomic mass is 9.97. The average Bonchev–Trinajstić information content (AvgIpc) is 2.88. The molecule has 9 nitrogen and oxygen atoms in total. The Kier molecular flexibility index (Phi) is 8.34. The highest BCUT2D eigenvalue weighted by atomic mass is 16.6. The van der Waals surface area contributed by atoms with E-state index in [2.05, 4.69) is 0 Å². The van der Waals surface area contributed by atoms with Crippen LogP contribution < -0.4 is 9.47 Å². The fourth-order valence-electron chi connectivity index (χ4n) is 4.25. The van der Waals surface area contributed by atoms with Gasteiger partial charge < -0.3 is 29.9 Å². The highest BCUT2D eigenvalue weighted by molar-refractivity contribution is 6.00. The second-order valence-electron chi connectivity index (χ2n) is 8.67. The van der Waals surface area contributed by atoms with Crippen LogP contribution in [0.2, 0.25) is 0 Å². The first kappa shape index (κ1) is 26.0. The molecule has 3 rings (SSSR count). The van der Waals surface area contributed by atoms with E-state index in [-0.39, 0.29) is 70.3 Å². The first-order valence-electron chi connectivity index (χ1n) is 11.7. The summed E-state index contributed by atoms with van der Waals surface area (Å²) in [5.74, 6) is -3.68. The molecule has 1 atom stereocenters. The van der Waals surface area contributed by atoms with Gasteiger partial charge in [-0.2, -0.15) is 0 Å². The zero-order valence-corrected chi connectivity index (χ0v) is 19.8. The van der Waals surface area contributed by atoms with E-state index in [0.717, 1.165) is 18.9 Å². The number of carboxylic acid groups (broad SMARTS) is 1. The molecule has 0 aromatic heterocycles. The standard InChI is InChI=1S/C26H30O9/c1-3-5-6-8-18-23(25(31)32)19(30)13-21-24(18)34-20-12-17(29)10-14(22(20)26(33)35-21)9-16(28)11-15(27)7-4-2/h10,12-13,15,27,29-30H,3-9,11H2,1-2H3,(H,31,32). The molecule has 0 saturated carbocycles. The molecule has 0 radical (unpaired) electrons. The van der Waals surface area contributed by atoms with Crippen molar-refractivity contribution in [1.82, 2.24) is 0 Å². The van der Waals surface area contributed by atoms with Crippen LogP contribution in [0, 0.1) is 0 Å². The van der Waals surface area contributed by atoms with Crippen LogP contribution in [0.5, 0.6) is 28.7 Å². The van der Waals surface area contributed by atoms with Crippen molar-refractivity contribution in [3.63, 3.8) is 0 Å². The lowest BCUT2D eigenvalue weighted by Gasteiger charge is -2.16. The third-order valence-electron chi connectivity index (χ3n) is 5.83. The maximum Gasteiger partial charge on any atom is 0.347 e.